The summed E-state index contributed by atoms with van der Waals surface area (Å²) in [6.07, 6.45) is 7.21. The molecule has 1 aliphatic carbocycles. The van der Waals surface area contributed by atoms with Gasteiger partial charge in [0.05, 0.1) is 0 Å². The van der Waals surface area contributed by atoms with Crippen LogP contribution in [0.4, 0.5) is 25.2 Å². The van der Waals surface area contributed by atoms with Gasteiger partial charge in [-0.1, -0.05) is 48.5 Å². The maximum Gasteiger partial charge on any atom is -0.0184 e. The first kappa shape index (κ1) is 19.8. The minimum absolute atomic E-state index is 1.06. The van der Waals surface area contributed by atoms with Crippen molar-refractivity contribution >= 4 is 18.6 Å². The molecule has 0 spiro atoms. The molecule has 0 nitrogen and oxygen atoms in total. The van der Waals surface area contributed by atoms with Crippen LogP contribution < -0.4 is 0 Å². The summed E-state index contributed by atoms with van der Waals surface area (Å²) in [6.45, 7) is 0. The molecule has 23 heavy (non-hydrogen) atoms. The van der Waals surface area contributed by atoms with Gasteiger partial charge in [-0.2, -0.15) is 0 Å². The van der Waals surface area contributed by atoms with Crippen molar-refractivity contribution in [3.63, 3.8) is 0 Å². The van der Waals surface area contributed by atoms with Gasteiger partial charge < -0.3 is 0 Å². The van der Waals surface area contributed by atoms with Gasteiger partial charge in [-0.25, -0.2) is 0 Å². The van der Waals surface area contributed by atoms with Crippen molar-refractivity contribution in [1.82, 2.24) is 0 Å². The Morgan fingerprint density at radius 3 is 1.26 bits per heavy atom. The quantitative estimate of drug-likeness (QED) is 0.245. The predicted molar refractivity (Wildman–Crippen MR) is 79.4 cm³/mol. The van der Waals surface area contributed by atoms with E-state index in [2.05, 4.69) is 70.6 Å². The standard InChI is InChI=1S/C10H8.C5H5.F6P.Fe/c1-2-6-10-8-4-3-7-9(10)5-1;1-2-4-5-3-1;1-7(2,3,4,5)6;/h1-8H;1-3H,4H2;;/q;;-1;. The van der Waals surface area contributed by atoms with E-state index in [4.69, 9.17) is 0 Å². The van der Waals surface area contributed by atoms with E-state index in [0.29, 0.717) is 0 Å². The van der Waals surface area contributed by atoms with Crippen LogP contribution >= 0.6 is 7.81 Å². The summed E-state index contributed by atoms with van der Waals surface area (Å²) < 4.78 is 60.4. The predicted octanol–water partition coefficient (Wildman–Crippen LogP) is 7.60. The van der Waals surface area contributed by atoms with E-state index in [1.165, 1.54) is 15.2 Å². The maximum atomic E-state index is 9.87. The molecule has 0 bridgehead atoms. The molecule has 2 aromatic carbocycles. The van der Waals surface area contributed by atoms with E-state index < -0.39 is 7.81 Å². The van der Waals surface area contributed by atoms with Gasteiger partial charge >= 0.3 is 78.1 Å². The monoisotopic (exact) mass is 394 g/mol. The molecule has 0 N–H and O–H groups in total. The third-order valence-electron chi connectivity index (χ3n) is 2.38. The number of fused-ring (bicyclic) bond motifs is 1. The first-order valence-corrected chi connectivity index (χ1v) is 8.89. The smallest absolute Gasteiger partial charge is 0.0184 e. The molecule has 129 valence electrons. The van der Waals surface area contributed by atoms with E-state index in [0.717, 1.165) is 6.42 Å². The molecule has 0 saturated carbocycles. The van der Waals surface area contributed by atoms with Crippen LogP contribution in [0.3, 0.4) is 0 Å². The zero-order valence-corrected chi connectivity index (χ0v) is 13.6. The molecule has 3 rings (SSSR count). The van der Waals surface area contributed by atoms with Gasteiger partial charge in [-0.3, -0.25) is 0 Å². The van der Waals surface area contributed by atoms with Crippen LogP contribution in [0, 0.1) is 0 Å². The molecule has 0 radical (unpaired) electrons. The van der Waals surface area contributed by atoms with Crippen molar-refractivity contribution in [3.05, 3.63) is 71.2 Å². The van der Waals surface area contributed by atoms with Gasteiger partial charge in [-0.15, -0.1) is 0 Å². The zero-order valence-electron chi connectivity index (χ0n) is 11.6. The first-order chi connectivity index (χ1) is 10.3. The minimum atomic E-state index is -10.7. The Morgan fingerprint density at radius 2 is 1.09 bits per heavy atom. The number of hydrogen-bond acceptors (Lipinski definition) is 0. The second kappa shape index (κ2) is 6.68. The fourth-order valence-electron chi connectivity index (χ4n) is 1.55. The SMILES string of the molecule is F[P-](F)(F)(F)(F)F.[Fe][C]1=CC=CC1.c1ccc2ccccc2c1. The van der Waals surface area contributed by atoms with Crippen molar-refractivity contribution in [1.29, 1.82) is 0 Å². The summed E-state index contributed by atoms with van der Waals surface area (Å²) in [6, 6.07) is 16.7. The molecule has 0 unspecified atom stereocenters. The van der Waals surface area contributed by atoms with Crippen LogP contribution in [-0.4, -0.2) is 0 Å². The van der Waals surface area contributed by atoms with Crippen molar-refractivity contribution in [2.75, 3.05) is 0 Å². The number of rotatable bonds is 0. The Bertz CT molecular complexity index is 642. The van der Waals surface area contributed by atoms with Gasteiger partial charge in [0.1, 0.15) is 0 Å². The molecule has 0 saturated heterocycles. The Kier molecular flexibility index (Phi) is 5.74. The Labute approximate surface area is 137 Å². The summed E-state index contributed by atoms with van der Waals surface area (Å²) in [5.74, 6) is 0. The molecule has 0 heterocycles. The van der Waals surface area contributed by atoms with E-state index in [1.54, 1.807) is 0 Å². The number of hydrogen-bond donors (Lipinski definition) is 0. The largest absolute Gasteiger partial charge is 0.0616 e. The minimum Gasteiger partial charge on any atom is -0.0616 e. The van der Waals surface area contributed by atoms with Gasteiger partial charge in [0.25, 0.3) is 0 Å². The van der Waals surface area contributed by atoms with E-state index in [-0.39, 0.29) is 0 Å². The van der Waals surface area contributed by atoms with E-state index >= 15 is 0 Å². The van der Waals surface area contributed by atoms with Crippen LogP contribution in [0.5, 0.6) is 0 Å². The average Bonchev–Trinajstić information content (AvgIpc) is 2.87. The molecule has 0 atom stereocenters. The molecule has 2 aromatic rings. The Balaban J connectivity index is 0.000000181. The zero-order chi connectivity index (χ0) is 17.6. The summed E-state index contributed by atoms with van der Waals surface area (Å²) in [4.78, 5) is 0. The van der Waals surface area contributed by atoms with Gasteiger partial charge in [0.15, 0.2) is 0 Å². The van der Waals surface area contributed by atoms with Gasteiger partial charge in [-0.05, 0) is 10.8 Å². The molecule has 0 aliphatic heterocycles. The van der Waals surface area contributed by atoms with E-state index in [1.807, 2.05) is 12.2 Å². The molecule has 0 aromatic heterocycles. The molecule has 1 aliphatic rings. The van der Waals surface area contributed by atoms with Crippen LogP contribution in [0.2, 0.25) is 0 Å². The second-order valence-electron chi connectivity index (χ2n) is 4.54. The topological polar surface area (TPSA) is 0 Å². The normalized spacial score (nSPS) is 16.2. The number of benzene rings is 2. The van der Waals surface area contributed by atoms with Crippen LogP contribution in [0.1, 0.15) is 6.42 Å². The number of allylic oxidation sites excluding steroid dienone is 4. The Morgan fingerprint density at radius 1 is 0.739 bits per heavy atom. The van der Waals surface area contributed by atoms with Crippen molar-refractivity contribution in [2.45, 2.75) is 6.42 Å². The van der Waals surface area contributed by atoms with Crippen LogP contribution in [0.15, 0.2) is 71.2 Å². The molecule has 8 heteroatoms. The number of halogens is 6. The first-order valence-electron chi connectivity index (χ1n) is 6.31. The second-order valence-corrected chi connectivity index (χ2v) is 7.16. The van der Waals surface area contributed by atoms with Crippen molar-refractivity contribution in [3.8, 4) is 0 Å². The summed E-state index contributed by atoms with van der Waals surface area (Å²) >= 11 is 3.74. The van der Waals surface area contributed by atoms with Crippen molar-refractivity contribution < 1.29 is 41.2 Å². The van der Waals surface area contributed by atoms with Crippen LogP contribution in [0.25, 0.3) is 10.8 Å². The fraction of sp³-hybridized carbons (Fsp3) is 0.0667. The van der Waals surface area contributed by atoms with Gasteiger partial charge in [0, 0.05) is 0 Å². The third kappa shape index (κ3) is 12.9. The fourth-order valence-corrected chi connectivity index (χ4v) is 1.79. The van der Waals surface area contributed by atoms with Crippen molar-refractivity contribution in [2.24, 2.45) is 0 Å². The van der Waals surface area contributed by atoms with E-state index in [9.17, 15) is 25.2 Å². The summed E-state index contributed by atoms with van der Waals surface area (Å²) in [5, 5.41) is 2.62. The molecule has 0 fully saturated rings. The summed E-state index contributed by atoms with van der Waals surface area (Å²) in [5.41, 5.74) is 0. The van der Waals surface area contributed by atoms with Gasteiger partial charge in [0.2, 0.25) is 0 Å². The average molecular weight is 394 g/mol. The van der Waals surface area contributed by atoms with Crippen LogP contribution in [-0.2, 0) is 16.0 Å². The maximum absolute atomic E-state index is 10.7. The third-order valence-corrected chi connectivity index (χ3v) is 2.79. The molecule has 0 amide bonds. The molecular weight excluding hydrogens is 381 g/mol. The molecular formula is C15H13F6FeP-. The Hall–Kier alpha value is -1.29. The summed E-state index contributed by atoms with van der Waals surface area (Å²) in [7, 11) is -10.7.